The highest BCUT2D eigenvalue weighted by atomic mass is 35.5. The topological polar surface area (TPSA) is 50.4 Å². The van der Waals surface area contributed by atoms with Gasteiger partial charge in [0.1, 0.15) is 12.4 Å². The van der Waals surface area contributed by atoms with Gasteiger partial charge in [-0.25, -0.2) is 0 Å². The van der Waals surface area contributed by atoms with Crippen molar-refractivity contribution in [2.45, 2.75) is 6.04 Å². The normalized spacial score (nSPS) is 16.2. The van der Waals surface area contributed by atoms with Gasteiger partial charge in [-0.1, -0.05) is 48.5 Å². The number of amides is 1. The third-order valence-corrected chi connectivity index (χ3v) is 4.60. The highest BCUT2D eigenvalue weighted by molar-refractivity contribution is 7.99. The summed E-state index contributed by atoms with van der Waals surface area (Å²) in [5.74, 6) is 2.57. The molecular formula is C18H21ClN2O2S. The zero-order valence-electron chi connectivity index (χ0n) is 13.2. The van der Waals surface area contributed by atoms with Crippen molar-refractivity contribution in [2.75, 3.05) is 24.8 Å². The molecule has 1 saturated heterocycles. The van der Waals surface area contributed by atoms with Crippen LogP contribution >= 0.6 is 24.2 Å². The Kier molecular flexibility index (Phi) is 7.43. The molecule has 6 heteroatoms. The molecule has 1 heterocycles. The number of hydrogen-bond acceptors (Lipinski definition) is 4. The van der Waals surface area contributed by atoms with E-state index in [0.29, 0.717) is 13.2 Å². The molecule has 0 aromatic heterocycles. The van der Waals surface area contributed by atoms with Gasteiger partial charge in [0, 0.05) is 17.2 Å². The second-order valence-electron chi connectivity index (χ2n) is 5.27. The van der Waals surface area contributed by atoms with E-state index in [0.717, 1.165) is 28.5 Å². The largest absolute Gasteiger partial charge is 0.491 e. The molecule has 2 aromatic carbocycles. The number of para-hydroxylation sites is 1. The summed E-state index contributed by atoms with van der Waals surface area (Å²) in [6.45, 7) is 0.959. The number of halogens is 1. The number of nitrogens with one attached hydrogen (secondary N) is 2. The van der Waals surface area contributed by atoms with Crippen molar-refractivity contribution in [3.8, 4) is 16.9 Å². The van der Waals surface area contributed by atoms with E-state index in [1.54, 1.807) is 11.8 Å². The van der Waals surface area contributed by atoms with E-state index in [9.17, 15) is 4.79 Å². The van der Waals surface area contributed by atoms with Crippen molar-refractivity contribution >= 4 is 30.1 Å². The Hall–Kier alpha value is -1.69. The Bertz CT molecular complexity index is 648. The first kappa shape index (κ1) is 18.6. The number of benzene rings is 2. The van der Waals surface area contributed by atoms with Crippen LogP contribution in [0.1, 0.15) is 0 Å². The molecule has 1 aliphatic rings. The summed E-state index contributed by atoms with van der Waals surface area (Å²) in [5.41, 5.74) is 2.19. The molecule has 2 N–H and O–H groups in total. The molecule has 0 radical (unpaired) electrons. The van der Waals surface area contributed by atoms with E-state index in [-0.39, 0.29) is 24.4 Å². The van der Waals surface area contributed by atoms with E-state index < -0.39 is 0 Å². The van der Waals surface area contributed by atoms with Gasteiger partial charge in [-0.05, 0) is 11.6 Å². The van der Waals surface area contributed by atoms with Crippen molar-refractivity contribution in [2.24, 2.45) is 0 Å². The monoisotopic (exact) mass is 364 g/mol. The Morgan fingerprint density at radius 1 is 1.17 bits per heavy atom. The van der Waals surface area contributed by atoms with Crippen molar-refractivity contribution in [1.29, 1.82) is 0 Å². The van der Waals surface area contributed by atoms with E-state index in [4.69, 9.17) is 4.74 Å². The van der Waals surface area contributed by atoms with Crippen molar-refractivity contribution in [3.05, 3.63) is 54.6 Å². The molecule has 3 rings (SSSR count). The molecule has 2 aromatic rings. The maximum Gasteiger partial charge on any atom is 0.238 e. The third-order valence-electron chi connectivity index (χ3n) is 3.66. The number of carbonyl (C=O) groups is 1. The lowest BCUT2D eigenvalue weighted by atomic mass is 10.1. The van der Waals surface area contributed by atoms with Crippen LogP contribution in [0.3, 0.4) is 0 Å². The number of rotatable bonds is 6. The molecule has 1 aliphatic heterocycles. The van der Waals surface area contributed by atoms with Gasteiger partial charge in [-0.2, -0.15) is 0 Å². The minimum Gasteiger partial charge on any atom is -0.491 e. The summed E-state index contributed by atoms with van der Waals surface area (Å²) < 4.78 is 5.86. The molecule has 1 fully saturated rings. The van der Waals surface area contributed by atoms with Gasteiger partial charge in [0.25, 0.3) is 0 Å². The van der Waals surface area contributed by atoms with Gasteiger partial charge in [-0.3, -0.25) is 10.1 Å². The highest BCUT2D eigenvalue weighted by Gasteiger charge is 2.21. The van der Waals surface area contributed by atoms with Crippen LogP contribution in [0, 0.1) is 0 Å². The van der Waals surface area contributed by atoms with Crippen LogP contribution in [0.2, 0.25) is 0 Å². The summed E-state index contributed by atoms with van der Waals surface area (Å²) in [5, 5.41) is 6.07. The molecule has 24 heavy (non-hydrogen) atoms. The molecule has 0 saturated carbocycles. The second-order valence-corrected chi connectivity index (χ2v) is 6.30. The fourth-order valence-electron chi connectivity index (χ4n) is 2.47. The van der Waals surface area contributed by atoms with Crippen molar-refractivity contribution in [3.63, 3.8) is 0 Å². The van der Waals surface area contributed by atoms with Crippen LogP contribution < -0.4 is 15.4 Å². The van der Waals surface area contributed by atoms with Crippen LogP contribution in [-0.2, 0) is 4.79 Å². The predicted octanol–water partition coefficient (Wildman–Crippen LogP) is 2.93. The van der Waals surface area contributed by atoms with Crippen LogP contribution in [0.15, 0.2) is 54.6 Å². The average molecular weight is 365 g/mol. The molecule has 0 aliphatic carbocycles. The first-order chi connectivity index (χ1) is 11.3. The Morgan fingerprint density at radius 2 is 1.92 bits per heavy atom. The fourth-order valence-corrected chi connectivity index (χ4v) is 3.41. The van der Waals surface area contributed by atoms with E-state index in [2.05, 4.69) is 22.8 Å². The van der Waals surface area contributed by atoms with Gasteiger partial charge >= 0.3 is 0 Å². The molecule has 0 bridgehead atoms. The molecule has 128 valence electrons. The summed E-state index contributed by atoms with van der Waals surface area (Å²) >= 11 is 1.74. The van der Waals surface area contributed by atoms with Crippen LogP contribution in [0.5, 0.6) is 5.75 Å². The van der Waals surface area contributed by atoms with Gasteiger partial charge in [0.15, 0.2) is 0 Å². The Balaban J connectivity index is 0.00000208. The summed E-state index contributed by atoms with van der Waals surface area (Å²) in [6.07, 6.45) is 0. The lowest BCUT2D eigenvalue weighted by Gasteiger charge is -2.13. The highest BCUT2D eigenvalue weighted by Crippen LogP contribution is 2.29. The summed E-state index contributed by atoms with van der Waals surface area (Å²) in [6, 6.07) is 18.0. The Morgan fingerprint density at radius 3 is 2.67 bits per heavy atom. The maximum atomic E-state index is 11.9. The smallest absolute Gasteiger partial charge is 0.238 e. The molecule has 1 unspecified atom stereocenters. The van der Waals surface area contributed by atoms with Crippen molar-refractivity contribution < 1.29 is 9.53 Å². The van der Waals surface area contributed by atoms with Crippen LogP contribution in [0.4, 0.5) is 0 Å². The molecular weight excluding hydrogens is 344 g/mol. The minimum absolute atomic E-state index is 0. The van der Waals surface area contributed by atoms with E-state index >= 15 is 0 Å². The fraction of sp³-hybridized carbons (Fsp3) is 0.278. The summed E-state index contributed by atoms with van der Waals surface area (Å²) in [7, 11) is 0. The molecule has 1 amide bonds. The van der Waals surface area contributed by atoms with Gasteiger partial charge in [0.05, 0.1) is 12.6 Å². The Labute approximate surface area is 152 Å². The predicted molar refractivity (Wildman–Crippen MR) is 102 cm³/mol. The summed E-state index contributed by atoms with van der Waals surface area (Å²) in [4.78, 5) is 11.9. The maximum absolute atomic E-state index is 11.9. The standard InChI is InChI=1S/C18H20N2O2S.ClH/c21-18(16-12-23-13-20-16)19-10-11-22-17-9-5-4-8-15(17)14-6-2-1-3-7-14;/h1-9,16,20H,10-13H2,(H,19,21);1H. The SMILES string of the molecule is Cl.O=C(NCCOc1ccccc1-c1ccccc1)C1CSCN1. The zero-order valence-corrected chi connectivity index (χ0v) is 14.9. The first-order valence-electron chi connectivity index (χ1n) is 7.71. The van der Waals surface area contributed by atoms with E-state index in [1.165, 1.54) is 0 Å². The number of carbonyl (C=O) groups excluding carboxylic acids is 1. The van der Waals surface area contributed by atoms with Gasteiger partial charge < -0.3 is 10.1 Å². The van der Waals surface area contributed by atoms with Crippen LogP contribution in [-0.4, -0.2) is 36.7 Å². The van der Waals surface area contributed by atoms with Crippen LogP contribution in [0.25, 0.3) is 11.1 Å². The zero-order chi connectivity index (χ0) is 15.9. The lowest BCUT2D eigenvalue weighted by Crippen LogP contribution is -2.43. The van der Waals surface area contributed by atoms with Gasteiger partial charge in [0.2, 0.25) is 5.91 Å². The van der Waals surface area contributed by atoms with E-state index in [1.807, 2.05) is 42.5 Å². The number of thioether (sulfide) groups is 1. The number of ether oxygens (including phenoxy) is 1. The quantitative estimate of drug-likeness (QED) is 0.774. The molecule has 1 atom stereocenters. The molecule has 0 spiro atoms. The molecule has 4 nitrogen and oxygen atoms in total. The second kappa shape index (κ2) is 9.57. The third kappa shape index (κ3) is 4.90. The first-order valence-corrected chi connectivity index (χ1v) is 8.86. The van der Waals surface area contributed by atoms with Crippen molar-refractivity contribution in [1.82, 2.24) is 10.6 Å². The average Bonchev–Trinajstić information content (AvgIpc) is 3.14. The van der Waals surface area contributed by atoms with Gasteiger partial charge in [-0.15, -0.1) is 24.2 Å². The minimum atomic E-state index is -0.0726. The number of hydrogen-bond donors (Lipinski definition) is 2. The lowest BCUT2D eigenvalue weighted by molar-refractivity contribution is -0.122.